The number of nitrogens with zero attached hydrogens (tertiary/aromatic N) is 5. The molecule has 6 heteroatoms. The van der Waals surface area contributed by atoms with Crippen molar-refractivity contribution in [1.29, 1.82) is 5.26 Å². The van der Waals surface area contributed by atoms with Crippen LogP contribution in [0.2, 0.25) is 0 Å². The van der Waals surface area contributed by atoms with Crippen molar-refractivity contribution in [2.24, 2.45) is 0 Å². The van der Waals surface area contributed by atoms with Crippen molar-refractivity contribution in [2.75, 3.05) is 45.2 Å². The molecule has 1 saturated heterocycles. The van der Waals surface area contributed by atoms with Crippen molar-refractivity contribution in [3.05, 3.63) is 59.3 Å². The Kier molecular flexibility index (Phi) is 5.72. The number of benzene rings is 1. The van der Waals surface area contributed by atoms with Crippen LogP contribution in [-0.2, 0) is 4.79 Å². The molecule has 2 aromatic rings. The zero-order valence-corrected chi connectivity index (χ0v) is 16.1. The minimum atomic E-state index is -0.274. The Morgan fingerprint density at radius 1 is 1.19 bits per heavy atom. The Hall–Kier alpha value is -2.91. The molecule has 1 aromatic carbocycles. The average Bonchev–Trinajstić information content (AvgIpc) is 2.68. The molecule has 0 unspecified atom stereocenters. The van der Waals surface area contributed by atoms with E-state index in [0.29, 0.717) is 18.7 Å². The highest BCUT2D eigenvalue weighted by molar-refractivity contribution is 5.83. The number of rotatable bonds is 4. The van der Waals surface area contributed by atoms with Gasteiger partial charge < -0.3 is 9.80 Å². The van der Waals surface area contributed by atoms with E-state index >= 15 is 0 Å². The summed E-state index contributed by atoms with van der Waals surface area (Å²) in [6.45, 7) is 4.84. The number of amides is 1. The maximum Gasteiger partial charge on any atom is 0.244 e. The highest BCUT2D eigenvalue weighted by Gasteiger charge is 2.30. The van der Waals surface area contributed by atoms with E-state index in [9.17, 15) is 4.79 Å². The molecule has 0 saturated carbocycles. The van der Waals surface area contributed by atoms with Gasteiger partial charge in [0, 0.05) is 32.4 Å². The molecular formula is C21H25N5O. The van der Waals surface area contributed by atoms with Gasteiger partial charge in [-0.3, -0.25) is 9.69 Å². The van der Waals surface area contributed by atoms with E-state index in [4.69, 9.17) is 5.26 Å². The molecule has 1 amide bonds. The lowest BCUT2D eigenvalue weighted by Crippen LogP contribution is -2.51. The van der Waals surface area contributed by atoms with Gasteiger partial charge in [-0.1, -0.05) is 29.8 Å². The monoisotopic (exact) mass is 363 g/mol. The third-order valence-corrected chi connectivity index (χ3v) is 4.90. The second-order valence-electron chi connectivity index (χ2n) is 7.11. The molecule has 1 aromatic heterocycles. The fraction of sp³-hybridized carbons (Fsp3) is 0.381. The molecule has 140 valence electrons. The van der Waals surface area contributed by atoms with E-state index in [1.54, 1.807) is 12.3 Å². The smallest absolute Gasteiger partial charge is 0.244 e. The fourth-order valence-corrected chi connectivity index (χ4v) is 3.47. The molecule has 27 heavy (non-hydrogen) atoms. The highest BCUT2D eigenvalue weighted by Crippen LogP contribution is 2.23. The normalized spacial score (nSPS) is 15.5. The second kappa shape index (κ2) is 8.19. The van der Waals surface area contributed by atoms with E-state index in [2.05, 4.69) is 22.0 Å². The van der Waals surface area contributed by atoms with Crippen molar-refractivity contribution in [2.45, 2.75) is 13.0 Å². The summed E-state index contributed by atoms with van der Waals surface area (Å²) in [7, 11) is 3.89. The largest absolute Gasteiger partial charge is 0.353 e. The predicted molar refractivity (Wildman–Crippen MR) is 105 cm³/mol. The second-order valence-corrected chi connectivity index (χ2v) is 7.11. The number of piperazine rings is 1. The molecule has 1 fully saturated rings. The molecule has 0 spiro atoms. The zero-order valence-electron chi connectivity index (χ0n) is 16.1. The first-order valence-electron chi connectivity index (χ1n) is 9.12. The number of hydrogen-bond donors (Lipinski definition) is 0. The van der Waals surface area contributed by atoms with Gasteiger partial charge in [-0.15, -0.1) is 0 Å². The van der Waals surface area contributed by atoms with Crippen molar-refractivity contribution < 1.29 is 4.79 Å². The number of likely N-dealkylation sites (N-methyl/N-ethyl adjacent to an activating group) is 1. The number of carbonyl (C=O) groups is 1. The number of anilines is 1. The molecule has 6 nitrogen and oxygen atoms in total. The Bertz CT molecular complexity index is 832. The average molecular weight is 363 g/mol. The quantitative estimate of drug-likeness (QED) is 0.833. The van der Waals surface area contributed by atoms with Crippen LogP contribution in [0.5, 0.6) is 0 Å². The van der Waals surface area contributed by atoms with Gasteiger partial charge in [-0.05, 0) is 38.7 Å². The summed E-state index contributed by atoms with van der Waals surface area (Å²) in [5.74, 6) is 0.988. The predicted octanol–water partition coefficient (Wildman–Crippen LogP) is 2.21. The molecule has 0 bridgehead atoms. The number of nitriles is 1. The molecule has 0 N–H and O–H groups in total. The summed E-state index contributed by atoms with van der Waals surface area (Å²) >= 11 is 0. The Morgan fingerprint density at radius 2 is 1.93 bits per heavy atom. The molecule has 1 aliphatic rings. The van der Waals surface area contributed by atoms with Crippen LogP contribution < -0.4 is 4.90 Å². The number of carbonyl (C=O) groups excluding carboxylic acids is 1. The first-order valence-corrected chi connectivity index (χ1v) is 9.12. The van der Waals surface area contributed by atoms with Gasteiger partial charge in [0.1, 0.15) is 17.9 Å². The number of hydrogen-bond acceptors (Lipinski definition) is 5. The minimum absolute atomic E-state index is 0.137. The van der Waals surface area contributed by atoms with Crippen LogP contribution in [0.25, 0.3) is 0 Å². The zero-order chi connectivity index (χ0) is 19.4. The maximum atomic E-state index is 13.2. The van der Waals surface area contributed by atoms with Crippen LogP contribution in [0.1, 0.15) is 22.7 Å². The Morgan fingerprint density at radius 3 is 2.48 bits per heavy atom. The lowest BCUT2D eigenvalue weighted by Gasteiger charge is -2.38. The third kappa shape index (κ3) is 4.26. The van der Waals surface area contributed by atoms with Gasteiger partial charge in [-0.25, -0.2) is 4.98 Å². The van der Waals surface area contributed by atoms with Gasteiger partial charge >= 0.3 is 0 Å². The summed E-state index contributed by atoms with van der Waals surface area (Å²) < 4.78 is 0. The molecular weight excluding hydrogens is 338 g/mol. The van der Waals surface area contributed by atoms with Crippen molar-refractivity contribution >= 4 is 11.7 Å². The summed E-state index contributed by atoms with van der Waals surface area (Å²) in [6.07, 6.45) is 1.59. The first-order chi connectivity index (χ1) is 13.0. The molecule has 0 aliphatic carbocycles. The van der Waals surface area contributed by atoms with Crippen molar-refractivity contribution in [3.63, 3.8) is 0 Å². The highest BCUT2D eigenvalue weighted by atomic mass is 16.2. The molecule has 0 radical (unpaired) electrons. The van der Waals surface area contributed by atoms with Gasteiger partial charge in [0.15, 0.2) is 0 Å². The molecule has 1 aliphatic heterocycles. The maximum absolute atomic E-state index is 13.2. The number of aromatic nitrogens is 1. The van der Waals surface area contributed by atoms with Gasteiger partial charge in [-0.2, -0.15) is 5.26 Å². The van der Waals surface area contributed by atoms with Gasteiger partial charge in [0.2, 0.25) is 5.91 Å². The van der Waals surface area contributed by atoms with Crippen LogP contribution in [-0.4, -0.2) is 61.0 Å². The molecule has 3 rings (SSSR count). The topological polar surface area (TPSA) is 63.5 Å². The summed E-state index contributed by atoms with van der Waals surface area (Å²) in [5.41, 5.74) is 2.74. The lowest BCUT2D eigenvalue weighted by molar-refractivity contribution is -0.136. The fourth-order valence-electron chi connectivity index (χ4n) is 3.47. The number of aryl methyl sites for hydroxylation is 1. The van der Waals surface area contributed by atoms with Crippen LogP contribution in [0.15, 0.2) is 42.6 Å². The number of pyridine rings is 1. The first kappa shape index (κ1) is 18.9. The van der Waals surface area contributed by atoms with E-state index in [0.717, 1.165) is 30.0 Å². The SMILES string of the molecule is Cc1cccc([C@@H](C(=O)N2CCN(c3ccc(C#N)cn3)CC2)N(C)C)c1. The van der Waals surface area contributed by atoms with E-state index in [-0.39, 0.29) is 11.9 Å². The third-order valence-electron chi connectivity index (χ3n) is 4.90. The van der Waals surface area contributed by atoms with Crippen LogP contribution >= 0.6 is 0 Å². The van der Waals surface area contributed by atoms with E-state index < -0.39 is 0 Å². The Balaban J connectivity index is 1.68. The van der Waals surface area contributed by atoms with Crippen LogP contribution in [0.3, 0.4) is 0 Å². The Labute approximate surface area is 160 Å². The van der Waals surface area contributed by atoms with Crippen LogP contribution in [0.4, 0.5) is 5.82 Å². The minimum Gasteiger partial charge on any atom is -0.353 e. The van der Waals surface area contributed by atoms with E-state index in [1.165, 1.54) is 0 Å². The summed E-state index contributed by atoms with van der Waals surface area (Å²) in [4.78, 5) is 23.6. The molecule has 2 heterocycles. The lowest BCUT2D eigenvalue weighted by atomic mass is 10.0. The van der Waals surface area contributed by atoms with Crippen LogP contribution in [0, 0.1) is 18.3 Å². The summed E-state index contributed by atoms with van der Waals surface area (Å²) in [6, 6.07) is 13.6. The van der Waals surface area contributed by atoms with E-state index in [1.807, 2.05) is 55.1 Å². The standard InChI is InChI=1S/C21H25N5O/c1-16-5-4-6-18(13-16)20(24(2)3)21(27)26-11-9-25(10-12-26)19-8-7-17(14-22)15-23-19/h4-8,13,15,20H,9-12H2,1-3H3/t20-/m0/s1. The summed E-state index contributed by atoms with van der Waals surface area (Å²) in [5, 5.41) is 8.89. The van der Waals surface area contributed by atoms with Crippen molar-refractivity contribution in [1.82, 2.24) is 14.8 Å². The molecule has 1 atom stereocenters. The van der Waals surface area contributed by atoms with Gasteiger partial charge in [0.05, 0.1) is 5.56 Å². The van der Waals surface area contributed by atoms with Crippen molar-refractivity contribution in [3.8, 4) is 6.07 Å². The van der Waals surface area contributed by atoms with Gasteiger partial charge in [0.25, 0.3) is 0 Å².